The second-order valence-corrected chi connectivity index (χ2v) is 4.83. The Bertz CT molecular complexity index is 710. The predicted octanol–water partition coefficient (Wildman–Crippen LogP) is 2.50. The fourth-order valence-corrected chi connectivity index (χ4v) is 2.43. The zero-order valence-electron chi connectivity index (χ0n) is 10.1. The van der Waals surface area contributed by atoms with Crippen molar-refractivity contribution < 1.29 is 4.74 Å². The molecule has 2 aromatic heterocycles. The van der Waals surface area contributed by atoms with Gasteiger partial charge in [0.2, 0.25) is 5.88 Å². The van der Waals surface area contributed by atoms with Gasteiger partial charge in [-0.2, -0.15) is 0 Å². The summed E-state index contributed by atoms with van der Waals surface area (Å²) in [5, 5.41) is 11.5. The molecule has 7 heteroatoms. The lowest BCUT2D eigenvalue weighted by Gasteiger charge is -2.03. The van der Waals surface area contributed by atoms with E-state index in [1.54, 1.807) is 23.5 Å². The molecule has 0 spiro atoms. The number of ether oxygens (including phenoxy) is 1. The summed E-state index contributed by atoms with van der Waals surface area (Å²) in [7, 11) is 1.85. The van der Waals surface area contributed by atoms with Gasteiger partial charge in [0.1, 0.15) is 11.6 Å². The number of nitrogens with one attached hydrogen (secondary N) is 1. The Morgan fingerprint density at radius 2 is 2.11 bits per heavy atom. The zero-order valence-corrected chi connectivity index (χ0v) is 10.9. The van der Waals surface area contributed by atoms with Crippen molar-refractivity contribution >= 4 is 32.5 Å². The summed E-state index contributed by atoms with van der Waals surface area (Å²) in [5.41, 5.74) is 6.41. The van der Waals surface area contributed by atoms with Crippen molar-refractivity contribution in [3.05, 3.63) is 30.3 Å². The van der Waals surface area contributed by atoms with Crippen molar-refractivity contribution in [1.82, 2.24) is 15.2 Å². The second kappa shape index (κ2) is 4.69. The smallest absolute Gasteiger partial charge is 0.238 e. The number of rotatable bonds is 3. The molecule has 3 rings (SSSR count). The number of nitrogens with two attached hydrogens (primary N) is 1. The Labute approximate surface area is 113 Å². The molecule has 0 aliphatic heterocycles. The molecule has 2 heterocycles. The van der Waals surface area contributed by atoms with Crippen LogP contribution in [0.4, 0.5) is 10.9 Å². The normalized spacial score (nSPS) is 10.6. The molecule has 96 valence electrons. The van der Waals surface area contributed by atoms with Crippen LogP contribution in [0.3, 0.4) is 0 Å². The first-order valence-electron chi connectivity index (χ1n) is 5.60. The number of aromatic nitrogens is 3. The lowest BCUT2D eigenvalue weighted by molar-refractivity contribution is 0.456. The van der Waals surface area contributed by atoms with Gasteiger partial charge < -0.3 is 15.8 Å². The number of fused-ring (bicyclic) bond motifs is 1. The molecule has 0 atom stereocenters. The molecule has 0 aliphatic carbocycles. The number of hydrogen-bond acceptors (Lipinski definition) is 7. The minimum Gasteiger partial charge on any atom is -0.437 e. The summed E-state index contributed by atoms with van der Waals surface area (Å²) in [5.74, 6) is 1.47. The van der Waals surface area contributed by atoms with E-state index in [1.165, 1.54) is 0 Å². The number of nitrogens with zero attached hydrogens (tertiary/aromatic N) is 3. The second-order valence-electron chi connectivity index (χ2n) is 3.80. The maximum absolute atomic E-state index is 5.61. The van der Waals surface area contributed by atoms with E-state index >= 15 is 0 Å². The highest BCUT2D eigenvalue weighted by molar-refractivity contribution is 7.22. The monoisotopic (exact) mass is 273 g/mol. The van der Waals surface area contributed by atoms with Gasteiger partial charge in [-0.05, 0) is 18.2 Å². The zero-order chi connectivity index (χ0) is 13.2. The third-order valence-electron chi connectivity index (χ3n) is 2.46. The molecule has 0 bridgehead atoms. The third kappa shape index (κ3) is 2.41. The van der Waals surface area contributed by atoms with E-state index in [0.29, 0.717) is 17.4 Å². The van der Waals surface area contributed by atoms with Crippen LogP contribution in [-0.4, -0.2) is 22.2 Å². The Kier molecular flexibility index (Phi) is 2.88. The summed E-state index contributed by atoms with van der Waals surface area (Å²) >= 11 is 1.57. The third-order valence-corrected chi connectivity index (χ3v) is 3.49. The Morgan fingerprint density at radius 3 is 2.84 bits per heavy atom. The maximum atomic E-state index is 5.61. The lowest BCUT2D eigenvalue weighted by Crippen LogP contribution is -1.94. The van der Waals surface area contributed by atoms with Crippen molar-refractivity contribution in [2.45, 2.75) is 0 Å². The standard InChI is InChI=1S/C12H11N5OS/c1-14-12-15-8-3-2-7(6-9(8)19-12)18-11-5-4-10(13)16-17-11/h2-6H,1H3,(H2,13,16)(H,14,15). The van der Waals surface area contributed by atoms with Crippen molar-refractivity contribution in [3.63, 3.8) is 0 Å². The minimum absolute atomic E-state index is 0.365. The molecule has 3 N–H and O–H groups in total. The molecule has 6 nitrogen and oxygen atoms in total. The SMILES string of the molecule is CNc1nc2ccc(Oc3ccc(N)nn3)cc2s1. The average Bonchev–Trinajstić information content (AvgIpc) is 2.83. The van der Waals surface area contributed by atoms with Gasteiger partial charge in [0.05, 0.1) is 10.2 Å². The maximum Gasteiger partial charge on any atom is 0.238 e. The van der Waals surface area contributed by atoms with Crippen LogP contribution in [0.2, 0.25) is 0 Å². The molecule has 3 aromatic rings. The topological polar surface area (TPSA) is 86.0 Å². The van der Waals surface area contributed by atoms with Gasteiger partial charge >= 0.3 is 0 Å². The molecular formula is C12H11N5OS. The summed E-state index contributed by atoms with van der Waals surface area (Å²) in [6, 6.07) is 9.00. The molecule has 19 heavy (non-hydrogen) atoms. The number of thiazole rings is 1. The Balaban J connectivity index is 1.90. The van der Waals surface area contributed by atoms with E-state index in [1.807, 2.05) is 25.2 Å². The highest BCUT2D eigenvalue weighted by atomic mass is 32.1. The van der Waals surface area contributed by atoms with Gasteiger partial charge in [-0.15, -0.1) is 10.2 Å². The Hall–Kier alpha value is -2.41. The highest BCUT2D eigenvalue weighted by Gasteiger charge is 2.05. The molecule has 0 saturated heterocycles. The van der Waals surface area contributed by atoms with E-state index in [4.69, 9.17) is 10.5 Å². The average molecular weight is 273 g/mol. The Morgan fingerprint density at radius 1 is 1.21 bits per heavy atom. The van der Waals surface area contributed by atoms with Gasteiger partial charge in [-0.3, -0.25) is 0 Å². The number of hydrogen-bond donors (Lipinski definition) is 2. The molecule has 1 aromatic carbocycles. The fourth-order valence-electron chi connectivity index (χ4n) is 1.58. The first-order valence-corrected chi connectivity index (χ1v) is 6.41. The number of nitrogen functional groups attached to an aromatic ring is 1. The molecule has 0 saturated carbocycles. The van der Waals surface area contributed by atoms with Gasteiger partial charge in [0.25, 0.3) is 0 Å². The van der Waals surface area contributed by atoms with Gasteiger partial charge in [-0.1, -0.05) is 11.3 Å². The van der Waals surface area contributed by atoms with E-state index in [-0.39, 0.29) is 0 Å². The van der Waals surface area contributed by atoms with Gasteiger partial charge in [0.15, 0.2) is 5.13 Å². The van der Waals surface area contributed by atoms with Crippen LogP contribution >= 0.6 is 11.3 Å². The molecule has 0 radical (unpaired) electrons. The minimum atomic E-state index is 0.365. The summed E-state index contributed by atoms with van der Waals surface area (Å²) in [4.78, 5) is 4.40. The van der Waals surface area contributed by atoms with E-state index < -0.39 is 0 Å². The van der Waals surface area contributed by atoms with E-state index in [2.05, 4.69) is 20.5 Å². The van der Waals surface area contributed by atoms with Gasteiger partial charge in [0, 0.05) is 19.2 Å². The van der Waals surface area contributed by atoms with Crippen LogP contribution in [0.5, 0.6) is 11.6 Å². The fraction of sp³-hybridized carbons (Fsp3) is 0.0833. The van der Waals surface area contributed by atoms with Crippen molar-refractivity contribution in [2.24, 2.45) is 0 Å². The molecular weight excluding hydrogens is 262 g/mol. The van der Waals surface area contributed by atoms with Crippen LogP contribution < -0.4 is 15.8 Å². The molecule has 0 fully saturated rings. The number of benzene rings is 1. The summed E-state index contributed by atoms with van der Waals surface area (Å²) in [6.45, 7) is 0. The summed E-state index contributed by atoms with van der Waals surface area (Å²) in [6.07, 6.45) is 0. The van der Waals surface area contributed by atoms with Crippen molar-refractivity contribution in [2.75, 3.05) is 18.1 Å². The molecule has 0 aliphatic rings. The van der Waals surface area contributed by atoms with Crippen LogP contribution in [0, 0.1) is 0 Å². The van der Waals surface area contributed by atoms with Gasteiger partial charge in [-0.25, -0.2) is 4.98 Å². The van der Waals surface area contributed by atoms with Crippen LogP contribution in [0.1, 0.15) is 0 Å². The van der Waals surface area contributed by atoms with Crippen molar-refractivity contribution in [1.29, 1.82) is 0 Å². The van der Waals surface area contributed by atoms with Crippen LogP contribution in [0.25, 0.3) is 10.2 Å². The number of anilines is 2. The van der Waals surface area contributed by atoms with Crippen LogP contribution in [0.15, 0.2) is 30.3 Å². The summed E-state index contributed by atoms with van der Waals surface area (Å²) < 4.78 is 6.66. The molecule has 0 unspecified atom stereocenters. The predicted molar refractivity (Wildman–Crippen MR) is 75.7 cm³/mol. The van der Waals surface area contributed by atoms with E-state index in [9.17, 15) is 0 Å². The largest absolute Gasteiger partial charge is 0.437 e. The highest BCUT2D eigenvalue weighted by Crippen LogP contribution is 2.30. The molecule has 0 amide bonds. The quantitative estimate of drug-likeness (QED) is 0.762. The van der Waals surface area contributed by atoms with Crippen molar-refractivity contribution in [3.8, 4) is 11.6 Å². The van der Waals surface area contributed by atoms with Crippen LogP contribution in [-0.2, 0) is 0 Å². The first-order chi connectivity index (χ1) is 9.24. The van der Waals surface area contributed by atoms with E-state index in [0.717, 1.165) is 15.3 Å². The first kappa shape index (κ1) is 11.7. The lowest BCUT2D eigenvalue weighted by atomic mass is 10.3.